The van der Waals surface area contributed by atoms with Crippen LogP contribution in [0.25, 0.3) is 22.6 Å². The second-order valence-corrected chi connectivity index (χ2v) is 14.4. The fraction of sp³-hybridized carbons (Fsp3) is 0.385. The molecule has 2 aromatic carbocycles. The van der Waals surface area contributed by atoms with Gasteiger partial charge in [0.1, 0.15) is 41.2 Å². The van der Waals surface area contributed by atoms with E-state index in [0.29, 0.717) is 17.2 Å². The fourth-order valence-electron chi connectivity index (χ4n) is 5.55. The number of amides is 1. The van der Waals surface area contributed by atoms with Crippen LogP contribution >= 0.6 is 11.3 Å². The van der Waals surface area contributed by atoms with Crippen molar-refractivity contribution in [2.24, 2.45) is 17.8 Å². The summed E-state index contributed by atoms with van der Waals surface area (Å²) < 4.78 is 16.4. The number of carboxylic acid groups (broad SMARTS) is 2. The van der Waals surface area contributed by atoms with Gasteiger partial charge in [-0.15, -0.1) is 11.3 Å². The number of ether oxygens (including phenoxy) is 2. The molecule has 2 heterocycles. The van der Waals surface area contributed by atoms with Gasteiger partial charge >= 0.3 is 23.9 Å². The Kier molecular flexibility index (Phi) is 15.0. The molecule has 5 N–H and O–H groups in total. The number of benzene rings is 2. The molecule has 0 spiro atoms. The molecule has 4 atom stereocenters. The van der Waals surface area contributed by atoms with Crippen LogP contribution in [0.4, 0.5) is 5.13 Å². The van der Waals surface area contributed by atoms with Gasteiger partial charge in [-0.3, -0.25) is 14.4 Å². The van der Waals surface area contributed by atoms with Crippen molar-refractivity contribution in [1.82, 2.24) is 15.6 Å². The summed E-state index contributed by atoms with van der Waals surface area (Å²) in [7, 11) is 1.55. The minimum Gasteiger partial charge on any atom is -0.497 e. The first-order chi connectivity index (χ1) is 25.7. The summed E-state index contributed by atoms with van der Waals surface area (Å²) in [5.74, 6) is -6.92. The first-order valence-corrected chi connectivity index (χ1v) is 18.4. The minimum atomic E-state index is -1.60. The Morgan fingerprint density at radius 3 is 1.94 bits per heavy atom. The Morgan fingerprint density at radius 2 is 1.39 bits per heavy atom. The normalized spacial score (nSPS) is 13.5. The monoisotopic (exact) mass is 762 g/mol. The maximum Gasteiger partial charge on any atom is 0.330 e. The predicted molar refractivity (Wildman–Crippen MR) is 202 cm³/mol. The van der Waals surface area contributed by atoms with E-state index in [-0.39, 0.29) is 42.1 Å². The molecule has 0 aliphatic rings. The standard InChI is InChI=1S/C39H46N4O10S/c1-22(2)17-29(40-19-27(35(45)46)33-16-15-32(52-33)25-11-13-26(51-5)14-12-25)37(49)53-38(50)30(18-23(3)4)41-20-28(36(47)48)34(44)43-39-42-31(21-54-39)24-9-7-6-8-10-24/h6-16,21-23,27-30,40-41H,17-20H2,1-5H3,(H,45,46)(H,47,48)(H,42,43,44). The molecule has 288 valence electrons. The van der Waals surface area contributed by atoms with Crippen LogP contribution < -0.4 is 20.7 Å². The highest BCUT2D eigenvalue weighted by Crippen LogP contribution is 2.28. The largest absolute Gasteiger partial charge is 0.497 e. The summed E-state index contributed by atoms with van der Waals surface area (Å²) in [6.07, 6.45) is 0.394. The van der Waals surface area contributed by atoms with Crippen molar-refractivity contribution in [2.75, 3.05) is 25.5 Å². The Morgan fingerprint density at radius 1 is 0.778 bits per heavy atom. The molecule has 2 aromatic heterocycles. The number of nitrogens with zero attached hydrogens (tertiary/aromatic N) is 1. The van der Waals surface area contributed by atoms with Gasteiger partial charge in [-0.1, -0.05) is 58.0 Å². The molecule has 0 aliphatic carbocycles. The van der Waals surface area contributed by atoms with Crippen LogP contribution in [0.2, 0.25) is 0 Å². The van der Waals surface area contributed by atoms with E-state index in [4.69, 9.17) is 13.9 Å². The summed E-state index contributed by atoms with van der Waals surface area (Å²) in [5, 5.41) is 30.2. The van der Waals surface area contributed by atoms with Crippen LogP contribution in [-0.4, -0.2) is 77.3 Å². The van der Waals surface area contributed by atoms with Crippen molar-refractivity contribution in [3.63, 3.8) is 0 Å². The quantitative estimate of drug-likeness (QED) is 0.0545. The lowest BCUT2D eigenvalue weighted by atomic mass is 10.0. The average molecular weight is 763 g/mol. The number of rotatable bonds is 20. The van der Waals surface area contributed by atoms with E-state index in [0.717, 1.165) is 22.5 Å². The summed E-state index contributed by atoms with van der Waals surface area (Å²) in [6.45, 7) is 6.75. The molecular formula is C39H46N4O10S. The third-order valence-electron chi connectivity index (χ3n) is 8.38. The summed E-state index contributed by atoms with van der Waals surface area (Å²) in [6, 6.07) is 17.4. The number of methoxy groups -OCH3 is 1. The maximum atomic E-state index is 13.4. The highest BCUT2D eigenvalue weighted by molar-refractivity contribution is 7.14. The van der Waals surface area contributed by atoms with E-state index in [1.54, 1.807) is 48.9 Å². The average Bonchev–Trinajstić information content (AvgIpc) is 3.81. The van der Waals surface area contributed by atoms with Crippen LogP contribution in [0.5, 0.6) is 5.75 Å². The van der Waals surface area contributed by atoms with E-state index in [9.17, 15) is 34.2 Å². The third kappa shape index (κ3) is 11.8. The highest BCUT2D eigenvalue weighted by atomic mass is 32.1. The molecule has 0 fully saturated rings. The molecule has 54 heavy (non-hydrogen) atoms. The molecule has 4 unspecified atom stereocenters. The van der Waals surface area contributed by atoms with Crippen LogP contribution in [0, 0.1) is 17.8 Å². The van der Waals surface area contributed by atoms with Crippen LogP contribution in [0.15, 0.2) is 76.5 Å². The number of carbonyl (C=O) groups excluding carboxylic acids is 3. The van der Waals surface area contributed by atoms with E-state index in [1.807, 2.05) is 58.0 Å². The molecule has 0 saturated carbocycles. The molecule has 4 aromatic rings. The topological polar surface area (TPSA) is 206 Å². The van der Waals surface area contributed by atoms with Gasteiger partial charge in [0.05, 0.1) is 12.8 Å². The number of carbonyl (C=O) groups is 5. The molecule has 0 aliphatic heterocycles. The maximum absolute atomic E-state index is 13.4. The van der Waals surface area contributed by atoms with Crippen LogP contribution in [-0.2, 0) is 28.7 Å². The summed E-state index contributed by atoms with van der Waals surface area (Å²) in [5.41, 5.74) is 2.17. The Bertz CT molecular complexity index is 1870. The van der Waals surface area contributed by atoms with Gasteiger partial charge in [0, 0.05) is 29.6 Å². The Labute approximate surface area is 317 Å². The Balaban J connectivity index is 1.40. The fourth-order valence-corrected chi connectivity index (χ4v) is 6.27. The molecule has 15 heteroatoms. The second-order valence-electron chi connectivity index (χ2n) is 13.5. The van der Waals surface area contributed by atoms with Crippen LogP contribution in [0.3, 0.4) is 0 Å². The molecule has 0 saturated heterocycles. The highest BCUT2D eigenvalue weighted by Gasteiger charge is 2.33. The van der Waals surface area contributed by atoms with E-state index >= 15 is 0 Å². The number of nitrogens with one attached hydrogen (secondary N) is 3. The Hall–Kier alpha value is -5.38. The summed E-state index contributed by atoms with van der Waals surface area (Å²) in [4.78, 5) is 68.7. The molecule has 14 nitrogen and oxygen atoms in total. The molecular weight excluding hydrogens is 717 g/mol. The van der Waals surface area contributed by atoms with Gasteiger partial charge in [0.15, 0.2) is 5.13 Å². The zero-order chi connectivity index (χ0) is 39.4. The number of aromatic nitrogens is 1. The molecule has 0 radical (unpaired) electrons. The van der Waals surface area contributed by atoms with Crippen molar-refractivity contribution in [3.8, 4) is 28.3 Å². The van der Waals surface area contributed by atoms with Crippen molar-refractivity contribution in [2.45, 2.75) is 58.5 Å². The van der Waals surface area contributed by atoms with Gasteiger partial charge in [0.2, 0.25) is 5.91 Å². The van der Waals surface area contributed by atoms with Crippen molar-refractivity contribution in [1.29, 1.82) is 0 Å². The first kappa shape index (κ1) is 41.4. The summed E-state index contributed by atoms with van der Waals surface area (Å²) >= 11 is 1.14. The van der Waals surface area contributed by atoms with Gasteiger partial charge in [-0.25, -0.2) is 14.6 Å². The lowest BCUT2D eigenvalue weighted by molar-refractivity contribution is -0.164. The van der Waals surface area contributed by atoms with Crippen molar-refractivity contribution < 1.29 is 48.1 Å². The number of hydrogen-bond acceptors (Lipinski definition) is 12. The number of hydrogen-bond donors (Lipinski definition) is 5. The number of thiazole rings is 1. The first-order valence-electron chi connectivity index (χ1n) is 17.5. The number of furan rings is 1. The van der Waals surface area contributed by atoms with Gasteiger partial charge in [0.25, 0.3) is 0 Å². The zero-order valence-electron chi connectivity index (χ0n) is 30.7. The molecule has 1 amide bonds. The van der Waals surface area contributed by atoms with E-state index in [2.05, 4.69) is 20.9 Å². The van der Waals surface area contributed by atoms with Crippen LogP contribution in [0.1, 0.15) is 52.2 Å². The lowest BCUT2D eigenvalue weighted by Crippen LogP contribution is -2.48. The van der Waals surface area contributed by atoms with Gasteiger partial charge < -0.3 is 40.1 Å². The smallest absolute Gasteiger partial charge is 0.330 e. The third-order valence-corrected chi connectivity index (χ3v) is 9.14. The number of aliphatic carboxylic acids is 2. The molecule has 0 bridgehead atoms. The number of esters is 2. The van der Waals surface area contributed by atoms with E-state index < -0.39 is 60.2 Å². The zero-order valence-corrected chi connectivity index (χ0v) is 31.6. The lowest BCUT2D eigenvalue weighted by Gasteiger charge is -2.23. The van der Waals surface area contributed by atoms with Gasteiger partial charge in [-0.05, 0) is 61.1 Å². The number of anilines is 1. The SMILES string of the molecule is COc1ccc(-c2ccc(C(CNC(CC(C)C)C(=O)OC(=O)C(CC(C)C)NCC(C(=O)O)C(=O)Nc3nc(-c4ccccc4)cs3)C(=O)O)o2)cc1. The predicted octanol–water partition coefficient (Wildman–Crippen LogP) is 5.66. The van der Waals surface area contributed by atoms with Crippen molar-refractivity contribution >= 4 is 46.3 Å². The van der Waals surface area contributed by atoms with Gasteiger partial charge in [-0.2, -0.15) is 0 Å². The second kappa shape index (κ2) is 19.6. The molecule has 4 rings (SSSR count). The number of carboxylic acids is 2. The van der Waals surface area contributed by atoms with Crippen molar-refractivity contribution in [3.05, 3.63) is 77.9 Å². The minimum absolute atomic E-state index is 0.0419. The van der Waals surface area contributed by atoms with E-state index in [1.165, 1.54) is 0 Å².